The van der Waals surface area contributed by atoms with Crippen LogP contribution in [0.1, 0.15) is 18.0 Å². The van der Waals surface area contributed by atoms with E-state index in [1.165, 1.54) is 6.07 Å². The van der Waals surface area contributed by atoms with Crippen LogP contribution < -0.4 is 5.32 Å². The number of carboxylic acids is 1. The maximum Gasteiger partial charge on any atom is 0.305 e. The lowest BCUT2D eigenvalue weighted by Crippen LogP contribution is -2.22. The molecule has 0 unspecified atom stereocenters. The summed E-state index contributed by atoms with van der Waals surface area (Å²) < 4.78 is 13.0. The molecule has 0 bridgehead atoms. The van der Waals surface area contributed by atoms with Crippen molar-refractivity contribution in [1.29, 1.82) is 0 Å². The Kier molecular flexibility index (Phi) is 4.25. The summed E-state index contributed by atoms with van der Waals surface area (Å²) in [6, 6.07) is 2.86. The highest BCUT2D eigenvalue weighted by molar-refractivity contribution is 6.30. The maximum atomic E-state index is 13.0. The summed E-state index contributed by atoms with van der Waals surface area (Å²) in [6.45, 7) is 0. The van der Waals surface area contributed by atoms with Gasteiger partial charge >= 0.3 is 5.97 Å². The second-order valence-corrected chi connectivity index (χ2v) is 3.57. The third kappa shape index (κ3) is 3.51. The third-order valence-corrected chi connectivity index (χ3v) is 2.15. The molecule has 0 aliphatic rings. The monoisotopic (exact) mass is 245 g/mol. The maximum absolute atomic E-state index is 13.0. The average Bonchev–Trinajstić information content (AvgIpc) is 2.14. The molecule has 1 amide bonds. The van der Waals surface area contributed by atoms with E-state index in [4.69, 9.17) is 16.7 Å². The number of nitrogens with one attached hydrogen (secondary N) is 1. The van der Waals surface area contributed by atoms with Gasteiger partial charge in [0.05, 0.1) is 12.5 Å². The Hall–Kier alpha value is -1.62. The first-order valence-electron chi connectivity index (χ1n) is 4.40. The minimum absolute atomic E-state index is 0.151. The van der Waals surface area contributed by atoms with Gasteiger partial charge in [0.15, 0.2) is 0 Å². The highest BCUT2D eigenvalue weighted by Crippen LogP contribution is 2.22. The van der Waals surface area contributed by atoms with Crippen LogP contribution in [-0.2, 0) is 9.59 Å². The van der Waals surface area contributed by atoms with Crippen LogP contribution in [0.2, 0.25) is 5.02 Å². The van der Waals surface area contributed by atoms with Gasteiger partial charge in [0.2, 0.25) is 6.41 Å². The minimum Gasteiger partial charge on any atom is -0.481 e. The van der Waals surface area contributed by atoms with Gasteiger partial charge in [0, 0.05) is 5.02 Å². The van der Waals surface area contributed by atoms with E-state index in [0.29, 0.717) is 12.0 Å². The zero-order valence-corrected chi connectivity index (χ0v) is 8.87. The zero-order valence-electron chi connectivity index (χ0n) is 8.11. The summed E-state index contributed by atoms with van der Waals surface area (Å²) in [6.07, 6.45) is 0.0327. The van der Waals surface area contributed by atoms with Gasteiger partial charge in [-0.25, -0.2) is 4.39 Å². The van der Waals surface area contributed by atoms with Gasteiger partial charge in [0.1, 0.15) is 5.82 Å². The molecule has 86 valence electrons. The van der Waals surface area contributed by atoms with Gasteiger partial charge in [-0.05, 0) is 23.8 Å². The van der Waals surface area contributed by atoms with Gasteiger partial charge in [-0.15, -0.1) is 0 Å². The Morgan fingerprint density at radius 2 is 2.25 bits per heavy atom. The molecule has 1 atom stereocenters. The Labute approximate surface area is 96.0 Å². The number of carbonyl (C=O) groups is 2. The van der Waals surface area contributed by atoms with Crippen molar-refractivity contribution in [1.82, 2.24) is 5.32 Å². The smallest absolute Gasteiger partial charge is 0.305 e. The van der Waals surface area contributed by atoms with Crippen molar-refractivity contribution in [3.8, 4) is 0 Å². The first-order valence-corrected chi connectivity index (χ1v) is 4.78. The zero-order chi connectivity index (χ0) is 12.1. The number of benzene rings is 1. The van der Waals surface area contributed by atoms with Crippen molar-refractivity contribution in [2.24, 2.45) is 0 Å². The van der Waals surface area contributed by atoms with Gasteiger partial charge in [-0.3, -0.25) is 9.59 Å². The lowest BCUT2D eigenvalue weighted by Gasteiger charge is -2.14. The fraction of sp³-hybridized carbons (Fsp3) is 0.200. The Balaban J connectivity index is 2.99. The first kappa shape index (κ1) is 12.4. The topological polar surface area (TPSA) is 66.4 Å². The number of hydrogen-bond acceptors (Lipinski definition) is 2. The number of amides is 1. The van der Waals surface area contributed by atoms with Crippen LogP contribution in [0, 0.1) is 5.82 Å². The van der Waals surface area contributed by atoms with E-state index in [2.05, 4.69) is 5.32 Å². The van der Waals surface area contributed by atoms with Crippen molar-refractivity contribution < 1.29 is 19.1 Å². The standard InChI is InChI=1S/C10H9ClFNO3/c11-7-1-6(2-8(12)3-7)9(13-5-14)4-10(15)16/h1-3,5,9H,4H2,(H,13,14)(H,15,16)/t9-/m0/s1. The molecule has 0 saturated carbocycles. The molecule has 0 heterocycles. The third-order valence-electron chi connectivity index (χ3n) is 1.94. The molecule has 0 saturated heterocycles. The molecule has 1 aromatic carbocycles. The molecule has 1 aromatic rings. The van der Waals surface area contributed by atoms with E-state index in [1.807, 2.05) is 0 Å². The van der Waals surface area contributed by atoms with Crippen molar-refractivity contribution in [3.63, 3.8) is 0 Å². The van der Waals surface area contributed by atoms with Crippen LogP contribution >= 0.6 is 11.6 Å². The number of aliphatic carboxylic acids is 1. The largest absolute Gasteiger partial charge is 0.481 e. The molecular weight excluding hydrogens is 237 g/mol. The molecule has 0 aliphatic heterocycles. The highest BCUT2D eigenvalue weighted by Gasteiger charge is 2.15. The number of carbonyl (C=O) groups excluding carboxylic acids is 1. The summed E-state index contributed by atoms with van der Waals surface area (Å²) in [5, 5.41) is 11.1. The molecule has 0 aliphatic carbocycles. The van der Waals surface area contributed by atoms with E-state index in [0.717, 1.165) is 12.1 Å². The lowest BCUT2D eigenvalue weighted by molar-refractivity contribution is -0.137. The Morgan fingerprint density at radius 3 is 2.75 bits per heavy atom. The van der Waals surface area contributed by atoms with Crippen molar-refractivity contribution in [2.45, 2.75) is 12.5 Å². The average molecular weight is 246 g/mol. The SMILES string of the molecule is O=CN[C@@H](CC(=O)O)c1cc(F)cc(Cl)c1. The Bertz CT molecular complexity index is 391. The summed E-state index contributed by atoms with van der Waals surface area (Å²) in [7, 11) is 0. The van der Waals surface area contributed by atoms with Crippen molar-refractivity contribution >= 4 is 24.0 Å². The molecule has 0 fully saturated rings. The molecule has 0 radical (unpaired) electrons. The van der Waals surface area contributed by atoms with E-state index in [1.54, 1.807) is 0 Å². The molecule has 1 rings (SSSR count). The fourth-order valence-corrected chi connectivity index (χ4v) is 1.54. The molecule has 0 spiro atoms. The summed E-state index contributed by atoms with van der Waals surface area (Å²) in [4.78, 5) is 20.9. The van der Waals surface area contributed by atoms with Crippen LogP contribution in [0.5, 0.6) is 0 Å². The van der Waals surface area contributed by atoms with Crippen LogP contribution in [0.4, 0.5) is 4.39 Å². The number of hydrogen-bond donors (Lipinski definition) is 2. The fourth-order valence-electron chi connectivity index (χ4n) is 1.31. The van der Waals surface area contributed by atoms with Crippen molar-refractivity contribution in [3.05, 3.63) is 34.6 Å². The van der Waals surface area contributed by atoms with Crippen LogP contribution in [-0.4, -0.2) is 17.5 Å². The molecular formula is C10H9ClFNO3. The summed E-state index contributed by atoms with van der Waals surface area (Å²) >= 11 is 5.63. The molecule has 16 heavy (non-hydrogen) atoms. The molecule has 2 N–H and O–H groups in total. The predicted octanol–water partition coefficient (Wildman–Crippen LogP) is 1.74. The van der Waals surface area contributed by atoms with E-state index < -0.39 is 17.8 Å². The molecule has 4 nitrogen and oxygen atoms in total. The van der Waals surface area contributed by atoms with Crippen molar-refractivity contribution in [2.75, 3.05) is 0 Å². The van der Waals surface area contributed by atoms with E-state index >= 15 is 0 Å². The minimum atomic E-state index is -1.10. The Morgan fingerprint density at radius 1 is 1.56 bits per heavy atom. The van der Waals surface area contributed by atoms with Gasteiger partial charge in [-0.2, -0.15) is 0 Å². The summed E-state index contributed by atoms with van der Waals surface area (Å²) in [5.41, 5.74) is 0.319. The van der Waals surface area contributed by atoms with Gasteiger partial charge in [-0.1, -0.05) is 11.6 Å². The molecule has 6 heteroatoms. The van der Waals surface area contributed by atoms with Crippen LogP contribution in [0.25, 0.3) is 0 Å². The first-order chi connectivity index (χ1) is 7.52. The number of carboxylic acid groups (broad SMARTS) is 1. The number of halogens is 2. The van der Waals surface area contributed by atoms with Crippen LogP contribution in [0.15, 0.2) is 18.2 Å². The molecule has 0 aromatic heterocycles. The normalized spacial score (nSPS) is 11.9. The lowest BCUT2D eigenvalue weighted by atomic mass is 10.0. The quantitative estimate of drug-likeness (QED) is 0.777. The highest BCUT2D eigenvalue weighted by atomic mass is 35.5. The number of rotatable bonds is 5. The second-order valence-electron chi connectivity index (χ2n) is 3.14. The van der Waals surface area contributed by atoms with E-state index in [-0.39, 0.29) is 11.4 Å². The second kappa shape index (κ2) is 5.46. The van der Waals surface area contributed by atoms with Crippen LogP contribution in [0.3, 0.4) is 0 Å². The predicted molar refractivity (Wildman–Crippen MR) is 55.6 cm³/mol. The van der Waals surface area contributed by atoms with Gasteiger partial charge < -0.3 is 10.4 Å². The van der Waals surface area contributed by atoms with Gasteiger partial charge in [0.25, 0.3) is 0 Å². The summed E-state index contributed by atoms with van der Waals surface area (Å²) in [5.74, 6) is -1.68. The van der Waals surface area contributed by atoms with E-state index in [9.17, 15) is 14.0 Å².